The summed E-state index contributed by atoms with van der Waals surface area (Å²) in [6, 6.07) is 8.15. The molecule has 0 unspecified atom stereocenters. The van der Waals surface area contributed by atoms with E-state index in [-0.39, 0.29) is 11.7 Å². The number of aromatic amines is 1. The van der Waals surface area contributed by atoms with Gasteiger partial charge in [0.2, 0.25) is 0 Å². The van der Waals surface area contributed by atoms with Crippen LogP contribution in [0.15, 0.2) is 24.3 Å². The van der Waals surface area contributed by atoms with Crippen LogP contribution in [0.3, 0.4) is 0 Å². The van der Waals surface area contributed by atoms with Gasteiger partial charge < -0.3 is 5.32 Å². The highest BCUT2D eigenvalue weighted by Gasteiger charge is 2.09. The average molecular weight is 245 g/mol. The summed E-state index contributed by atoms with van der Waals surface area (Å²) in [6.07, 6.45) is 0. The summed E-state index contributed by atoms with van der Waals surface area (Å²) >= 11 is 0. The SMILES string of the molecule is CC(C)c1ccc(CNC(=O)c2nn[nH]n2)cc1. The molecule has 0 saturated heterocycles. The van der Waals surface area contributed by atoms with Crippen LogP contribution in [-0.4, -0.2) is 26.5 Å². The maximum atomic E-state index is 11.6. The summed E-state index contributed by atoms with van der Waals surface area (Å²) in [7, 11) is 0. The van der Waals surface area contributed by atoms with E-state index < -0.39 is 0 Å². The van der Waals surface area contributed by atoms with E-state index in [1.807, 2.05) is 12.1 Å². The summed E-state index contributed by atoms with van der Waals surface area (Å²) < 4.78 is 0. The van der Waals surface area contributed by atoms with Crippen LogP contribution in [0.5, 0.6) is 0 Å². The molecule has 1 amide bonds. The first-order valence-corrected chi connectivity index (χ1v) is 5.77. The summed E-state index contributed by atoms with van der Waals surface area (Å²) in [5, 5.41) is 15.5. The average Bonchev–Trinajstić information content (AvgIpc) is 2.90. The molecule has 0 radical (unpaired) electrons. The van der Waals surface area contributed by atoms with Gasteiger partial charge in [0.25, 0.3) is 11.7 Å². The molecule has 0 bridgehead atoms. The van der Waals surface area contributed by atoms with Crippen molar-refractivity contribution in [2.24, 2.45) is 0 Å². The van der Waals surface area contributed by atoms with Gasteiger partial charge in [0.1, 0.15) is 0 Å². The Labute approximate surface area is 105 Å². The molecule has 0 fully saturated rings. The Balaban J connectivity index is 1.92. The smallest absolute Gasteiger partial charge is 0.293 e. The number of nitrogens with one attached hydrogen (secondary N) is 2. The molecule has 2 aromatic rings. The lowest BCUT2D eigenvalue weighted by Crippen LogP contribution is -2.24. The Kier molecular flexibility index (Phi) is 3.66. The standard InChI is InChI=1S/C12H15N5O/c1-8(2)10-5-3-9(4-6-10)7-13-12(18)11-14-16-17-15-11/h3-6,8H,7H2,1-2H3,(H,13,18)(H,14,15,16,17). The van der Waals surface area contributed by atoms with Crippen molar-refractivity contribution in [1.82, 2.24) is 25.9 Å². The molecule has 1 aromatic carbocycles. The van der Waals surface area contributed by atoms with Crippen molar-refractivity contribution in [2.75, 3.05) is 0 Å². The highest BCUT2D eigenvalue weighted by atomic mass is 16.2. The number of hydrogen-bond acceptors (Lipinski definition) is 4. The Bertz CT molecular complexity index is 504. The number of benzene rings is 1. The quantitative estimate of drug-likeness (QED) is 0.849. The number of H-pyrrole nitrogens is 1. The molecule has 0 saturated carbocycles. The number of amides is 1. The first-order chi connectivity index (χ1) is 8.66. The van der Waals surface area contributed by atoms with Crippen LogP contribution in [0.2, 0.25) is 0 Å². The lowest BCUT2D eigenvalue weighted by Gasteiger charge is -2.07. The fourth-order valence-electron chi connectivity index (χ4n) is 1.54. The number of rotatable bonds is 4. The van der Waals surface area contributed by atoms with Gasteiger partial charge in [0.15, 0.2) is 0 Å². The van der Waals surface area contributed by atoms with Crippen molar-refractivity contribution in [2.45, 2.75) is 26.3 Å². The number of nitrogens with zero attached hydrogens (tertiary/aromatic N) is 3. The first-order valence-electron chi connectivity index (χ1n) is 5.77. The third kappa shape index (κ3) is 2.91. The molecule has 6 nitrogen and oxygen atoms in total. The van der Waals surface area contributed by atoms with Crippen LogP contribution >= 0.6 is 0 Å². The van der Waals surface area contributed by atoms with E-state index in [9.17, 15) is 4.79 Å². The third-order valence-corrected chi connectivity index (χ3v) is 2.65. The topological polar surface area (TPSA) is 83.6 Å². The maximum absolute atomic E-state index is 11.6. The van der Waals surface area contributed by atoms with E-state index in [0.29, 0.717) is 12.5 Å². The van der Waals surface area contributed by atoms with Gasteiger partial charge in [-0.15, -0.1) is 10.2 Å². The molecule has 94 valence electrons. The van der Waals surface area contributed by atoms with E-state index in [1.165, 1.54) is 5.56 Å². The molecule has 0 spiro atoms. The van der Waals surface area contributed by atoms with Gasteiger partial charge in [-0.05, 0) is 22.3 Å². The van der Waals surface area contributed by atoms with Gasteiger partial charge in [-0.2, -0.15) is 5.21 Å². The van der Waals surface area contributed by atoms with Gasteiger partial charge >= 0.3 is 0 Å². The molecular formula is C12H15N5O. The molecule has 2 rings (SSSR count). The van der Waals surface area contributed by atoms with Gasteiger partial charge in [0.05, 0.1) is 0 Å². The van der Waals surface area contributed by atoms with E-state index in [1.54, 1.807) is 0 Å². The summed E-state index contributed by atoms with van der Waals surface area (Å²) in [5.74, 6) is 0.221. The minimum Gasteiger partial charge on any atom is -0.345 e. The normalized spacial score (nSPS) is 10.6. The van der Waals surface area contributed by atoms with Crippen LogP contribution in [-0.2, 0) is 6.54 Å². The largest absolute Gasteiger partial charge is 0.345 e. The second-order valence-electron chi connectivity index (χ2n) is 4.31. The van der Waals surface area contributed by atoms with Crippen LogP contribution in [0, 0.1) is 0 Å². The van der Waals surface area contributed by atoms with E-state index in [4.69, 9.17) is 0 Å². The molecule has 0 aliphatic heterocycles. The van der Waals surface area contributed by atoms with Crippen molar-refractivity contribution < 1.29 is 4.79 Å². The van der Waals surface area contributed by atoms with Crippen LogP contribution in [0.1, 0.15) is 41.5 Å². The zero-order valence-electron chi connectivity index (χ0n) is 10.3. The molecule has 2 N–H and O–H groups in total. The minimum absolute atomic E-state index is 0.0498. The summed E-state index contributed by atoms with van der Waals surface area (Å²) in [5.41, 5.74) is 2.32. The number of tetrazole rings is 1. The monoisotopic (exact) mass is 245 g/mol. The molecule has 0 atom stereocenters. The first kappa shape index (κ1) is 12.2. The minimum atomic E-state index is -0.336. The zero-order chi connectivity index (χ0) is 13.0. The Hall–Kier alpha value is -2.24. The van der Waals surface area contributed by atoms with Crippen LogP contribution < -0.4 is 5.32 Å². The highest BCUT2D eigenvalue weighted by Crippen LogP contribution is 2.14. The molecule has 1 heterocycles. The number of carbonyl (C=O) groups excluding carboxylic acids is 1. The van der Waals surface area contributed by atoms with E-state index in [0.717, 1.165) is 5.56 Å². The van der Waals surface area contributed by atoms with Crippen molar-refractivity contribution >= 4 is 5.91 Å². The molecular weight excluding hydrogens is 230 g/mol. The fraction of sp³-hybridized carbons (Fsp3) is 0.333. The van der Waals surface area contributed by atoms with Gasteiger partial charge in [-0.1, -0.05) is 38.1 Å². The van der Waals surface area contributed by atoms with Gasteiger partial charge in [0, 0.05) is 6.54 Å². The molecule has 1 aromatic heterocycles. The van der Waals surface area contributed by atoms with Crippen molar-refractivity contribution in [3.63, 3.8) is 0 Å². The number of hydrogen-bond donors (Lipinski definition) is 2. The van der Waals surface area contributed by atoms with Crippen molar-refractivity contribution in [3.8, 4) is 0 Å². The summed E-state index contributed by atoms with van der Waals surface area (Å²) in [4.78, 5) is 11.6. The lowest BCUT2D eigenvalue weighted by atomic mass is 10.0. The van der Waals surface area contributed by atoms with Crippen LogP contribution in [0.25, 0.3) is 0 Å². The Morgan fingerprint density at radius 2 is 2.06 bits per heavy atom. The van der Waals surface area contributed by atoms with E-state index >= 15 is 0 Å². The molecule has 6 heteroatoms. The molecule has 18 heavy (non-hydrogen) atoms. The second kappa shape index (κ2) is 5.39. The third-order valence-electron chi connectivity index (χ3n) is 2.65. The van der Waals surface area contributed by atoms with Gasteiger partial charge in [-0.3, -0.25) is 4.79 Å². The maximum Gasteiger partial charge on any atom is 0.293 e. The highest BCUT2D eigenvalue weighted by molar-refractivity contribution is 5.89. The fourth-order valence-corrected chi connectivity index (χ4v) is 1.54. The molecule has 0 aliphatic carbocycles. The predicted molar refractivity (Wildman–Crippen MR) is 65.9 cm³/mol. The second-order valence-corrected chi connectivity index (χ2v) is 4.31. The van der Waals surface area contributed by atoms with Gasteiger partial charge in [-0.25, -0.2) is 0 Å². The Morgan fingerprint density at radius 1 is 1.33 bits per heavy atom. The van der Waals surface area contributed by atoms with Crippen molar-refractivity contribution in [3.05, 3.63) is 41.2 Å². The molecule has 0 aliphatic rings. The lowest BCUT2D eigenvalue weighted by molar-refractivity contribution is 0.0940. The zero-order valence-corrected chi connectivity index (χ0v) is 10.3. The van der Waals surface area contributed by atoms with Crippen LogP contribution in [0.4, 0.5) is 0 Å². The Morgan fingerprint density at radius 3 is 2.61 bits per heavy atom. The summed E-state index contributed by atoms with van der Waals surface area (Å²) in [6.45, 7) is 4.74. The number of aromatic nitrogens is 4. The van der Waals surface area contributed by atoms with E-state index in [2.05, 4.69) is 51.9 Å². The predicted octanol–water partition coefficient (Wildman–Crippen LogP) is 1.25. The number of carbonyl (C=O) groups is 1. The van der Waals surface area contributed by atoms with Crippen molar-refractivity contribution in [1.29, 1.82) is 0 Å².